The lowest BCUT2D eigenvalue weighted by Crippen LogP contribution is -2.64. The van der Waals surface area contributed by atoms with Crippen LogP contribution in [0.15, 0.2) is 24.3 Å². The number of aliphatic hydroxyl groups is 1. The summed E-state index contributed by atoms with van der Waals surface area (Å²) in [5, 5.41) is 10.9. The Kier molecular flexibility index (Phi) is 5.66. The summed E-state index contributed by atoms with van der Waals surface area (Å²) < 4.78 is 12.4. The molecular formula is C31H50O3. The van der Waals surface area contributed by atoms with Crippen molar-refractivity contribution in [3.05, 3.63) is 24.3 Å². The average Bonchev–Trinajstić information content (AvgIpc) is 3.17. The van der Waals surface area contributed by atoms with Crippen molar-refractivity contribution in [1.29, 1.82) is 0 Å². The van der Waals surface area contributed by atoms with E-state index in [-0.39, 0.29) is 28.1 Å². The second-order valence-electron chi connectivity index (χ2n) is 14.4. The summed E-state index contributed by atoms with van der Waals surface area (Å²) in [6.45, 7) is 17.4. The first-order chi connectivity index (χ1) is 15.8. The Bertz CT molecular complexity index is 872. The number of aliphatic hydroxyl groups excluding tert-OH is 1. The molecule has 1 heterocycles. The zero-order valence-corrected chi connectivity index (χ0v) is 23.1. The third-order valence-corrected chi connectivity index (χ3v) is 12.6. The predicted molar refractivity (Wildman–Crippen MR) is 138 cm³/mol. The van der Waals surface area contributed by atoms with Gasteiger partial charge in [0, 0.05) is 23.9 Å². The zero-order valence-electron chi connectivity index (χ0n) is 23.1. The molecule has 5 aliphatic rings. The second-order valence-corrected chi connectivity index (χ2v) is 14.4. The van der Waals surface area contributed by atoms with E-state index in [4.69, 9.17) is 9.47 Å². The summed E-state index contributed by atoms with van der Waals surface area (Å²) in [7, 11) is 1.79. The Morgan fingerprint density at radius 3 is 2.53 bits per heavy atom. The highest BCUT2D eigenvalue weighted by Crippen LogP contribution is 2.77. The number of ether oxygens (including phenoxy) is 2. The van der Waals surface area contributed by atoms with Crippen LogP contribution in [0.2, 0.25) is 0 Å². The van der Waals surface area contributed by atoms with Crippen LogP contribution in [0.25, 0.3) is 0 Å². The van der Waals surface area contributed by atoms with Gasteiger partial charge in [-0.3, -0.25) is 0 Å². The lowest BCUT2D eigenvalue weighted by atomic mass is 9.38. The molecule has 5 rings (SSSR count). The number of allylic oxidation sites excluding steroid dienone is 2. The lowest BCUT2D eigenvalue weighted by Gasteiger charge is -2.65. The summed E-state index contributed by atoms with van der Waals surface area (Å²) >= 11 is 0. The smallest absolute Gasteiger partial charge is 0.0972 e. The van der Waals surface area contributed by atoms with E-state index in [9.17, 15) is 5.11 Å². The first-order valence-corrected chi connectivity index (χ1v) is 14.0. The van der Waals surface area contributed by atoms with Crippen LogP contribution in [0.4, 0.5) is 0 Å². The fraction of sp³-hybridized carbons (Fsp3) is 0.871. The minimum atomic E-state index is -0.282. The van der Waals surface area contributed by atoms with E-state index in [0.717, 1.165) is 31.8 Å². The third-order valence-electron chi connectivity index (χ3n) is 12.6. The van der Waals surface area contributed by atoms with Gasteiger partial charge in [0.25, 0.3) is 0 Å². The molecule has 3 heteroatoms. The van der Waals surface area contributed by atoms with E-state index in [1.54, 1.807) is 7.11 Å². The quantitative estimate of drug-likeness (QED) is 0.442. The highest BCUT2D eigenvalue weighted by atomic mass is 16.5. The molecule has 1 spiro atoms. The largest absolute Gasteiger partial charge is 0.392 e. The summed E-state index contributed by atoms with van der Waals surface area (Å²) in [5.41, 5.74) is 0.238. The van der Waals surface area contributed by atoms with Crippen molar-refractivity contribution in [3.63, 3.8) is 0 Å². The van der Waals surface area contributed by atoms with Gasteiger partial charge in [0.05, 0.1) is 23.9 Å². The molecule has 3 saturated carbocycles. The van der Waals surface area contributed by atoms with Crippen molar-refractivity contribution in [2.75, 3.05) is 13.7 Å². The van der Waals surface area contributed by atoms with Crippen molar-refractivity contribution in [2.24, 2.45) is 45.3 Å². The molecule has 34 heavy (non-hydrogen) atoms. The van der Waals surface area contributed by atoms with Crippen LogP contribution in [-0.4, -0.2) is 36.1 Å². The van der Waals surface area contributed by atoms with Gasteiger partial charge in [-0.15, -0.1) is 0 Å². The van der Waals surface area contributed by atoms with E-state index >= 15 is 0 Å². The van der Waals surface area contributed by atoms with Crippen molar-refractivity contribution in [1.82, 2.24) is 0 Å². The van der Waals surface area contributed by atoms with Crippen LogP contribution >= 0.6 is 0 Å². The van der Waals surface area contributed by atoms with Gasteiger partial charge in [-0.05, 0) is 87.4 Å². The number of fused-ring (bicyclic) bond motifs is 2. The first-order valence-electron chi connectivity index (χ1n) is 14.0. The van der Waals surface area contributed by atoms with Gasteiger partial charge in [0.15, 0.2) is 0 Å². The average molecular weight is 471 g/mol. The molecule has 3 nitrogen and oxygen atoms in total. The van der Waals surface area contributed by atoms with Crippen LogP contribution in [0.5, 0.6) is 0 Å². The highest BCUT2D eigenvalue weighted by molar-refractivity contribution is 5.33. The molecule has 0 radical (unpaired) electrons. The van der Waals surface area contributed by atoms with Crippen LogP contribution in [-0.2, 0) is 9.47 Å². The molecule has 1 N–H and O–H groups in total. The number of hydrogen-bond acceptors (Lipinski definition) is 3. The Balaban J connectivity index is 1.44. The molecule has 2 bridgehead atoms. The number of methoxy groups -OCH3 is 1. The molecule has 0 aromatic rings. The Labute approximate surface area is 208 Å². The van der Waals surface area contributed by atoms with Gasteiger partial charge in [-0.2, -0.15) is 0 Å². The molecule has 4 fully saturated rings. The Hall–Kier alpha value is -0.640. The van der Waals surface area contributed by atoms with Gasteiger partial charge < -0.3 is 14.6 Å². The monoisotopic (exact) mass is 470 g/mol. The fourth-order valence-electron chi connectivity index (χ4n) is 10.00. The molecular weight excluding hydrogens is 420 g/mol. The Morgan fingerprint density at radius 2 is 1.82 bits per heavy atom. The lowest BCUT2D eigenvalue weighted by molar-refractivity contribution is -0.168. The van der Waals surface area contributed by atoms with E-state index in [0.29, 0.717) is 28.6 Å². The van der Waals surface area contributed by atoms with Gasteiger partial charge in [-0.25, -0.2) is 0 Å². The summed E-state index contributed by atoms with van der Waals surface area (Å²) in [4.78, 5) is 0. The van der Waals surface area contributed by atoms with Gasteiger partial charge in [-0.1, -0.05) is 58.9 Å². The molecule has 1 saturated heterocycles. The number of rotatable bonds is 5. The van der Waals surface area contributed by atoms with Crippen LogP contribution < -0.4 is 0 Å². The second kappa shape index (κ2) is 7.68. The molecule has 0 aromatic carbocycles. The summed E-state index contributed by atoms with van der Waals surface area (Å²) in [6.07, 6.45) is 17.8. The van der Waals surface area contributed by atoms with Crippen molar-refractivity contribution in [3.8, 4) is 0 Å². The van der Waals surface area contributed by atoms with E-state index < -0.39 is 0 Å². The van der Waals surface area contributed by atoms with Crippen molar-refractivity contribution in [2.45, 2.75) is 111 Å². The molecule has 0 aromatic heterocycles. The van der Waals surface area contributed by atoms with E-state index in [1.807, 2.05) is 0 Å². The fourth-order valence-corrected chi connectivity index (χ4v) is 10.00. The maximum Gasteiger partial charge on any atom is 0.0972 e. The third kappa shape index (κ3) is 2.99. The SMILES string of the molecule is COC(C)(C)C=CC[C@@H](C)C1CC[C@@]2(C)[C@@H]3C=C[C@@]45OC[C@]3(CC[C@]12C)[C@@H]4CC[C@H](O)C5(C)C. The van der Waals surface area contributed by atoms with Crippen LogP contribution in [0, 0.1) is 45.3 Å². The minimum Gasteiger partial charge on any atom is -0.392 e. The Morgan fingerprint density at radius 1 is 1.09 bits per heavy atom. The van der Waals surface area contributed by atoms with Crippen LogP contribution in [0.1, 0.15) is 93.4 Å². The topological polar surface area (TPSA) is 38.7 Å². The van der Waals surface area contributed by atoms with Gasteiger partial charge >= 0.3 is 0 Å². The molecule has 0 amide bonds. The number of hydrogen-bond donors (Lipinski definition) is 1. The first kappa shape index (κ1) is 25.0. The maximum atomic E-state index is 10.9. The highest BCUT2D eigenvalue weighted by Gasteiger charge is 2.75. The molecule has 1 aliphatic heterocycles. The van der Waals surface area contributed by atoms with E-state index in [2.05, 4.69) is 72.8 Å². The zero-order chi connectivity index (χ0) is 24.8. The summed E-state index contributed by atoms with van der Waals surface area (Å²) in [5.74, 6) is 2.58. The minimum absolute atomic E-state index is 0.186. The van der Waals surface area contributed by atoms with Gasteiger partial charge in [0.2, 0.25) is 0 Å². The van der Waals surface area contributed by atoms with Crippen molar-refractivity contribution < 1.29 is 14.6 Å². The standard InChI is InChI=1S/C31H50O3/c1-21(10-9-15-26(2,3)33-8)22-13-16-29(7)23-14-17-31-24(11-12-25(32)27(31,4)5)30(23,20-34-31)19-18-28(22,29)6/h9,14-15,17,21-25,32H,10-13,16,18-20H2,1-8H3/t21-,22?,23+,24+,25+,28-,29+,30+,31-/m1/s1. The van der Waals surface area contributed by atoms with Crippen molar-refractivity contribution >= 4 is 0 Å². The summed E-state index contributed by atoms with van der Waals surface area (Å²) in [6, 6.07) is 0. The molecule has 1 unspecified atom stereocenters. The van der Waals surface area contributed by atoms with Crippen LogP contribution in [0.3, 0.4) is 0 Å². The van der Waals surface area contributed by atoms with Gasteiger partial charge in [0.1, 0.15) is 0 Å². The normalized spacial score (nSPS) is 50.1. The molecule has 4 aliphatic carbocycles. The molecule has 9 atom stereocenters. The molecule has 192 valence electrons. The predicted octanol–water partition coefficient (Wildman–Crippen LogP) is 6.95. The maximum absolute atomic E-state index is 10.9. The van der Waals surface area contributed by atoms with E-state index in [1.165, 1.54) is 25.7 Å².